The minimum absolute atomic E-state index is 0.264. The first-order valence-electron chi connectivity index (χ1n) is 8.89. The third kappa shape index (κ3) is 3.67. The number of imidazole rings is 1. The Labute approximate surface area is 166 Å². The van der Waals surface area contributed by atoms with Gasteiger partial charge in [-0.25, -0.2) is 9.78 Å². The Morgan fingerprint density at radius 3 is 3.04 bits per heavy atom. The van der Waals surface area contributed by atoms with Gasteiger partial charge < -0.3 is 15.6 Å². The van der Waals surface area contributed by atoms with E-state index in [1.54, 1.807) is 29.0 Å². The van der Waals surface area contributed by atoms with E-state index in [1.807, 2.05) is 6.92 Å². The minimum Gasteiger partial charge on any atom is -0.354 e. The predicted octanol–water partition coefficient (Wildman–Crippen LogP) is 3.06. The Morgan fingerprint density at radius 1 is 1.41 bits per heavy atom. The van der Waals surface area contributed by atoms with E-state index < -0.39 is 0 Å². The smallest absolute Gasteiger partial charge is 0.328 e. The van der Waals surface area contributed by atoms with E-state index in [4.69, 9.17) is 23.2 Å². The highest BCUT2D eigenvalue weighted by atomic mass is 35.5. The van der Waals surface area contributed by atoms with E-state index >= 15 is 0 Å². The summed E-state index contributed by atoms with van der Waals surface area (Å²) in [4.78, 5) is 24.2. The molecule has 0 amide bonds. The Balaban J connectivity index is 1.69. The molecule has 0 bridgehead atoms. The maximum absolute atomic E-state index is 12.6. The number of halogens is 2. The number of hydrogen-bond acceptors (Lipinski definition) is 5. The molecule has 2 aromatic heterocycles. The second-order valence-corrected chi connectivity index (χ2v) is 7.66. The zero-order valence-electron chi connectivity index (χ0n) is 14.8. The molecule has 0 saturated carbocycles. The SMILES string of the molecule is C[C@H](c1cc(Cl)ccc1Cl)n1c(=O)[nH]c2cnc(NC[C@H]3CCNC3)nc21. The van der Waals surface area contributed by atoms with Gasteiger partial charge >= 0.3 is 5.69 Å². The predicted molar refractivity (Wildman–Crippen MR) is 108 cm³/mol. The zero-order valence-corrected chi connectivity index (χ0v) is 16.3. The fourth-order valence-corrected chi connectivity index (χ4v) is 3.91. The highest BCUT2D eigenvalue weighted by molar-refractivity contribution is 6.33. The number of aromatic nitrogens is 4. The van der Waals surface area contributed by atoms with Crippen LogP contribution in [0, 0.1) is 5.92 Å². The lowest BCUT2D eigenvalue weighted by Gasteiger charge is -2.16. The standard InChI is InChI=1S/C18H20Cl2N6O/c1-10(13-6-12(19)2-3-14(13)20)26-16-15(24-18(26)27)9-23-17(25-16)22-8-11-4-5-21-7-11/h2-3,6,9-11,21H,4-5,7-8H2,1H3,(H,24,27)(H,22,23,25)/t10-,11+/m1/s1. The summed E-state index contributed by atoms with van der Waals surface area (Å²) in [5, 5.41) is 7.73. The van der Waals surface area contributed by atoms with E-state index in [-0.39, 0.29) is 11.7 Å². The Kier molecular flexibility index (Phi) is 5.08. The van der Waals surface area contributed by atoms with E-state index in [2.05, 4.69) is 25.6 Å². The third-order valence-corrected chi connectivity index (χ3v) is 5.54. The molecule has 3 N–H and O–H groups in total. The van der Waals surface area contributed by atoms with Crippen LogP contribution in [-0.2, 0) is 0 Å². The van der Waals surface area contributed by atoms with Crippen molar-refractivity contribution >= 4 is 40.3 Å². The van der Waals surface area contributed by atoms with Crippen LogP contribution in [0.5, 0.6) is 0 Å². The van der Waals surface area contributed by atoms with Crippen LogP contribution >= 0.6 is 23.2 Å². The molecule has 0 radical (unpaired) electrons. The van der Waals surface area contributed by atoms with Crippen LogP contribution in [0.1, 0.15) is 24.9 Å². The van der Waals surface area contributed by atoms with Crippen molar-refractivity contribution in [3.05, 3.63) is 50.5 Å². The molecular weight excluding hydrogens is 387 g/mol. The van der Waals surface area contributed by atoms with Crippen LogP contribution in [0.15, 0.2) is 29.2 Å². The average molecular weight is 407 g/mol. The number of H-pyrrole nitrogens is 1. The van der Waals surface area contributed by atoms with Gasteiger partial charge in [-0.3, -0.25) is 4.57 Å². The molecule has 1 aromatic carbocycles. The highest BCUT2D eigenvalue weighted by Crippen LogP contribution is 2.29. The van der Waals surface area contributed by atoms with Crippen LogP contribution in [0.3, 0.4) is 0 Å². The summed E-state index contributed by atoms with van der Waals surface area (Å²) in [7, 11) is 0. The maximum atomic E-state index is 12.6. The van der Waals surface area contributed by atoms with Crippen LogP contribution in [-0.4, -0.2) is 39.2 Å². The largest absolute Gasteiger partial charge is 0.354 e. The van der Waals surface area contributed by atoms with Gasteiger partial charge in [0.2, 0.25) is 5.95 Å². The number of rotatable bonds is 5. The van der Waals surface area contributed by atoms with Crippen molar-refractivity contribution in [3.8, 4) is 0 Å². The summed E-state index contributed by atoms with van der Waals surface area (Å²) < 4.78 is 1.58. The van der Waals surface area contributed by atoms with Gasteiger partial charge in [0.25, 0.3) is 0 Å². The van der Waals surface area contributed by atoms with Gasteiger partial charge in [-0.1, -0.05) is 23.2 Å². The van der Waals surface area contributed by atoms with Crippen molar-refractivity contribution in [2.24, 2.45) is 5.92 Å². The van der Waals surface area contributed by atoms with Gasteiger partial charge in [0, 0.05) is 16.6 Å². The molecule has 1 saturated heterocycles. The zero-order chi connectivity index (χ0) is 19.0. The first-order valence-corrected chi connectivity index (χ1v) is 9.65. The molecule has 1 fully saturated rings. The quantitative estimate of drug-likeness (QED) is 0.605. The first-order chi connectivity index (χ1) is 13.0. The van der Waals surface area contributed by atoms with Crippen molar-refractivity contribution in [2.45, 2.75) is 19.4 Å². The maximum Gasteiger partial charge on any atom is 0.328 e. The summed E-state index contributed by atoms with van der Waals surface area (Å²) in [5.41, 5.74) is 1.61. The minimum atomic E-state index is -0.334. The lowest BCUT2D eigenvalue weighted by atomic mass is 10.1. The van der Waals surface area contributed by atoms with Crippen molar-refractivity contribution < 1.29 is 0 Å². The number of hydrogen-bond donors (Lipinski definition) is 3. The van der Waals surface area contributed by atoms with Gasteiger partial charge in [0.1, 0.15) is 5.52 Å². The second-order valence-electron chi connectivity index (χ2n) is 6.81. The molecule has 1 aliphatic rings. The van der Waals surface area contributed by atoms with E-state index in [1.165, 1.54) is 0 Å². The van der Waals surface area contributed by atoms with Gasteiger partial charge in [0.05, 0.1) is 12.2 Å². The van der Waals surface area contributed by atoms with Gasteiger partial charge in [-0.2, -0.15) is 4.98 Å². The van der Waals surface area contributed by atoms with E-state index in [0.29, 0.717) is 33.1 Å². The van der Waals surface area contributed by atoms with Crippen molar-refractivity contribution in [2.75, 3.05) is 25.0 Å². The van der Waals surface area contributed by atoms with Crippen LogP contribution in [0.2, 0.25) is 10.0 Å². The van der Waals surface area contributed by atoms with E-state index in [9.17, 15) is 4.79 Å². The molecule has 3 heterocycles. The molecule has 3 aromatic rings. The van der Waals surface area contributed by atoms with Crippen LogP contribution in [0.25, 0.3) is 11.2 Å². The monoisotopic (exact) mass is 406 g/mol. The molecule has 9 heteroatoms. The second kappa shape index (κ2) is 7.50. The normalized spacial score (nSPS) is 18.1. The Morgan fingerprint density at radius 2 is 2.26 bits per heavy atom. The summed E-state index contributed by atoms with van der Waals surface area (Å²) in [6.45, 7) is 4.73. The van der Waals surface area contributed by atoms with Gasteiger partial charge in [0.15, 0.2) is 5.65 Å². The summed E-state index contributed by atoms with van der Waals surface area (Å²) >= 11 is 12.4. The topological polar surface area (TPSA) is 87.6 Å². The Bertz CT molecular complexity index is 1020. The van der Waals surface area contributed by atoms with E-state index in [0.717, 1.165) is 31.6 Å². The number of benzene rings is 1. The van der Waals surface area contributed by atoms with Gasteiger partial charge in [-0.05, 0) is 56.1 Å². The van der Waals surface area contributed by atoms with Crippen molar-refractivity contribution in [1.82, 2.24) is 24.8 Å². The lowest BCUT2D eigenvalue weighted by Crippen LogP contribution is -2.22. The summed E-state index contributed by atoms with van der Waals surface area (Å²) in [6, 6.07) is 4.89. The first kappa shape index (κ1) is 18.3. The van der Waals surface area contributed by atoms with Crippen LogP contribution < -0.4 is 16.3 Å². The molecule has 2 atom stereocenters. The molecule has 27 heavy (non-hydrogen) atoms. The fraction of sp³-hybridized carbons (Fsp3) is 0.389. The van der Waals surface area contributed by atoms with Crippen molar-refractivity contribution in [1.29, 1.82) is 0 Å². The molecular formula is C18H20Cl2N6O. The van der Waals surface area contributed by atoms with Gasteiger partial charge in [-0.15, -0.1) is 0 Å². The van der Waals surface area contributed by atoms with Crippen LogP contribution in [0.4, 0.5) is 5.95 Å². The summed E-state index contributed by atoms with van der Waals surface area (Å²) in [5.74, 6) is 1.06. The lowest BCUT2D eigenvalue weighted by molar-refractivity contribution is 0.612. The number of nitrogens with zero attached hydrogens (tertiary/aromatic N) is 3. The molecule has 1 aliphatic heterocycles. The average Bonchev–Trinajstić information content (AvgIpc) is 3.28. The molecule has 0 aliphatic carbocycles. The Hall–Kier alpha value is -2.09. The number of nitrogens with one attached hydrogen (secondary N) is 3. The number of aromatic amines is 1. The molecule has 142 valence electrons. The highest BCUT2D eigenvalue weighted by Gasteiger charge is 2.20. The third-order valence-electron chi connectivity index (χ3n) is 4.96. The molecule has 0 unspecified atom stereocenters. The van der Waals surface area contributed by atoms with Crippen molar-refractivity contribution in [3.63, 3.8) is 0 Å². The number of fused-ring (bicyclic) bond motifs is 1. The molecule has 0 spiro atoms. The fourth-order valence-electron chi connectivity index (χ4n) is 3.46. The number of anilines is 1. The summed E-state index contributed by atoms with van der Waals surface area (Å²) in [6.07, 6.45) is 2.76. The molecule has 7 nitrogen and oxygen atoms in total. The molecule has 4 rings (SSSR count).